The largest absolute Gasteiger partial charge is 0.383 e. The molecule has 36 heavy (non-hydrogen) atoms. The van der Waals surface area contributed by atoms with Crippen molar-refractivity contribution in [3.05, 3.63) is 75.3 Å². The summed E-state index contributed by atoms with van der Waals surface area (Å²) in [5.74, 6) is 0.0225. The summed E-state index contributed by atoms with van der Waals surface area (Å²) >= 11 is 6.57. The van der Waals surface area contributed by atoms with Crippen molar-refractivity contribution >= 4 is 57.4 Å². The monoisotopic (exact) mass is 525 g/mol. The van der Waals surface area contributed by atoms with Crippen LogP contribution >= 0.6 is 24.0 Å². The summed E-state index contributed by atoms with van der Waals surface area (Å²) in [4.78, 5) is 37.5. The topological polar surface area (TPSA) is 70.4 Å². The second-order valence-electron chi connectivity index (χ2n) is 8.36. The lowest BCUT2D eigenvalue weighted by Gasteiger charge is -2.37. The van der Waals surface area contributed by atoms with Gasteiger partial charge in [0, 0.05) is 45.2 Å². The highest BCUT2D eigenvalue weighted by Crippen LogP contribution is 2.33. The predicted octanol–water partition coefficient (Wildman–Crippen LogP) is 3.01. The number of thioether (sulfide) groups is 1. The van der Waals surface area contributed by atoms with E-state index in [2.05, 4.69) is 9.80 Å². The van der Waals surface area contributed by atoms with E-state index in [1.165, 1.54) is 33.2 Å². The maximum Gasteiger partial charge on any atom is 0.267 e. The number of hydrogen-bond acceptors (Lipinski definition) is 8. The van der Waals surface area contributed by atoms with Crippen molar-refractivity contribution in [3.8, 4) is 0 Å². The number of hydrogen-bond donors (Lipinski definition) is 0. The minimum Gasteiger partial charge on any atom is -0.383 e. The van der Waals surface area contributed by atoms with Gasteiger partial charge >= 0.3 is 0 Å². The van der Waals surface area contributed by atoms with Crippen molar-refractivity contribution in [1.29, 1.82) is 0 Å². The molecule has 0 unspecified atom stereocenters. The van der Waals surface area contributed by atoms with E-state index < -0.39 is 0 Å². The molecular formula is C25H24FN5O3S2. The number of carbonyl (C=O) groups excluding carboxylic acids is 1. The number of anilines is 2. The van der Waals surface area contributed by atoms with E-state index in [0.29, 0.717) is 65.6 Å². The molecule has 4 heterocycles. The molecule has 0 saturated carbocycles. The highest BCUT2D eigenvalue weighted by Gasteiger charge is 2.33. The van der Waals surface area contributed by atoms with Gasteiger partial charge in [0.1, 0.15) is 21.6 Å². The van der Waals surface area contributed by atoms with Crippen molar-refractivity contribution in [1.82, 2.24) is 14.3 Å². The number of aromatic nitrogens is 2. The molecule has 0 radical (unpaired) electrons. The fourth-order valence-corrected chi connectivity index (χ4v) is 5.58. The number of benzene rings is 1. The third-order valence-corrected chi connectivity index (χ3v) is 7.57. The number of amides is 1. The molecule has 5 rings (SSSR count). The molecule has 2 aromatic heterocycles. The minimum absolute atomic E-state index is 0.244. The van der Waals surface area contributed by atoms with E-state index in [1.807, 2.05) is 6.07 Å². The van der Waals surface area contributed by atoms with E-state index in [9.17, 15) is 14.0 Å². The maximum absolute atomic E-state index is 13.6. The molecule has 2 aliphatic heterocycles. The standard InChI is InChI=1S/C25H24FN5O3S2/c1-34-15-14-31-24(33)20(36-25(31)35)16-19-22(27-21-4-2-3-9-30(21)23(19)32)29-12-10-28(11-13-29)18-7-5-17(26)6-8-18/h2-9,16H,10-15H2,1H3/b20-16+. The first-order valence-electron chi connectivity index (χ1n) is 11.5. The van der Waals surface area contributed by atoms with E-state index in [1.54, 1.807) is 43.6 Å². The van der Waals surface area contributed by atoms with Crippen molar-refractivity contribution in [2.24, 2.45) is 0 Å². The molecular weight excluding hydrogens is 501 g/mol. The van der Waals surface area contributed by atoms with Crippen molar-refractivity contribution < 1.29 is 13.9 Å². The molecule has 1 amide bonds. The maximum atomic E-state index is 13.6. The Morgan fingerprint density at radius 3 is 2.53 bits per heavy atom. The molecule has 2 saturated heterocycles. The molecule has 0 atom stereocenters. The summed E-state index contributed by atoms with van der Waals surface area (Å²) in [6.45, 7) is 3.31. The average Bonchev–Trinajstić information content (AvgIpc) is 3.16. The second-order valence-corrected chi connectivity index (χ2v) is 10.0. The van der Waals surface area contributed by atoms with Gasteiger partial charge in [-0.25, -0.2) is 9.37 Å². The number of halogens is 1. The lowest BCUT2D eigenvalue weighted by molar-refractivity contribution is -0.122. The zero-order valence-corrected chi connectivity index (χ0v) is 21.2. The van der Waals surface area contributed by atoms with Crippen LogP contribution in [0.5, 0.6) is 0 Å². The number of fused-ring (bicyclic) bond motifs is 1. The van der Waals surface area contributed by atoms with Crippen LogP contribution in [-0.4, -0.2) is 71.0 Å². The summed E-state index contributed by atoms with van der Waals surface area (Å²) in [6, 6.07) is 11.8. The molecule has 11 heteroatoms. The molecule has 0 aliphatic carbocycles. The highest BCUT2D eigenvalue weighted by molar-refractivity contribution is 8.26. The summed E-state index contributed by atoms with van der Waals surface area (Å²) in [6.07, 6.45) is 3.28. The van der Waals surface area contributed by atoms with Crippen LogP contribution < -0.4 is 15.4 Å². The Bertz CT molecular complexity index is 1400. The van der Waals surface area contributed by atoms with Crippen LogP contribution in [0.4, 0.5) is 15.9 Å². The van der Waals surface area contributed by atoms with Crippen LogP contribution in [0, 0.1) is 5.82 Å². The molecule has 186 valence electrons. The number of pyridine rings is 1. The van der Waals surface area contributed by atoms with Crippen LogP contribution in [0.15, 0.2) is 58.4 Å². The zero-order chi connectivity index (χ0) is 25.2. The Hall–Kier alpha value is -3.28. The smallest absolute Gasteiger partial charge is 0.267 e. The number of methoxy groups -OCH3 is 1. The van der Waals surface area contributed by atoms with E-state index >= 15 is 0 Å². The Kier molecular flexibility index (Phi) is 7.04. The number of nitrogens with zero attached hydrogens (tertiary/aromatic N) is 5. The van der Waals surface area contributed by atoms with Gasteiger partial charge in [-0.2, -0.15) is 0 Å². The highest BCUT2D eigenvalue weighted by atomic mass is 32.2. The normalized spacial score (nSPS) is 17.6. The number of carbonyl (C=O) groups is 1. The van der Waals surface area contributed by atoms with Gasteiger partial charge in [-0.05, 0) is 42.5 Å². The van der Waals surface area contributed by atoms with Gasteiger partial charge in [0.05, 0.1) is 23.6 Å². The van der Waals surface area contributed by atoms with Crippen LogP contribution in [0.3, 0.4) is 0 Å². The summed E-state index contributed by atoms with van der Waals surface area (Å²) in [5, 5.41) is 0. The first-order chi connectivity index (χ1) is 17.5. The van der Waals surface area contributed by atoms with Crippen LogP contribution in [-0.2, 0) is 9.53 Å². The number of piperazine rings is 1. The van der Waals surface area contributed by atoms with Crippen molar-refractivity contribution in [2.75, 3.05) is 56.2 Å². The zero-order valence-electron chi connectivity index (χ0n) is 19.6. The van der Waals surface area contributed by atoms with Gasteiger partial charge in [0.25, 0.3) is 11.5 Å². The Balaban J connectivity index is 1.49. The van der Waals surface area contributed by atoms with E-state index in [-0.39, 0.29) is 17.3 Å². The number of thiocarbonyl (C=S) groups is 1. The van der Waals surface area contributed by atoms with E-state index in [4.69, 9.17) is 21.9 Å². The molecule has 0 spiro atoms. The second kappa shape index (κ2) is 10.4. The molecule has 8 nitrogen and oxygen atoms in total. The SMILES string of the molecule is COCCN1C(=O)/C(=C\c2c(N3CCN(c4ccc(F)cc4)CC3)nc3ccccn3c2=O)SC1=S. The Morgan fingerprint density at radius 1 is 1.08 bits per heavy atom. The molecule has 2 aliphatic rings. The van der Waals surface area contributed by atoms with Gasteiger partial charge in [0.15, 0.2) is 0 Å². The lowest BCUT2D eigenvalue weighted by atomic mass is 10.2. The molecule has 2 fully saturated rings. The quantitative estimate of drug-likeness (QED) is 0.360. The number of rotatable bonds is 6. The molecule has 3 aromatic rings. The lowest BCUT2D eigenvalue weighted by Crippen LogP contribution is -2.47. The third kappa shape index (κ3) is 4.73. The van der Waals surface area contributed by atoms with Crippen LogP contribution in [0.2, 0.25) is 0 Å². The first kappa shape index (κ1) is 24.4. The predicted molar refractivity (Wildman–Crippen MR) is 144 cm³/mol. The van der Waals surface area contributed by atoms with Crippen molar-refractivity contribution in [3.63, 3.8) is 0 Å². The Labute approximate surface area is 217 Å². The van der Waals surface area contributed by atoms with Crippen LogP contribution in [0.1, 0.15) is 5.56 Å². The minimum atomic E-state index is -0.268. The van der Waals surface area contributed by atoms with Gasteiger partial charge in [-0.3, -0.25) is 18.9 Å². The Morgan fingerprint density at radius 2 is 1.81 bits per heavy atom. The summed E-state index contributed by atoms with van der Waals surface area (Å²) in [5.41, 5.74) is 1.57. The van der Waals surface area contributed by atoms with Gasteiger partial charge in [-0.15, -0.1) is 0 Å². The fraction of sp³-hybridized carbons (Fsp3) is 0.280. The fourth-order valence-electron chi connectivity index (χ4n) is 4.29. The van der Waals surface area contributed by atoms with Gasteiger partial charge in [-0.1, -0.05) is 30.0 Å². The first-order valence-corrected chi connectivity index (χ1v) is 12.7. The molecule has 0 bridgehead atoms. The third-order valence-electron chi connectivity index (χ3n) is 6.19. The molecule has 1 aromatic carbocycles. The van der Waals surface area contributed by atoms with Crippen molar-refractivity contribution in [2.45, 2.75) is 0 Å². The van der Waals surface area contributed by atoms with Crippen LogP contribution in [0.25, 0.3) is 11.7 Å². The van der Waals surface area contributed by atoms with Gasteiger partial charge < -0.3 is 14.5 Å². The average molecular weight is 526 g/mol. The van der Waals surface area contributed by atoms with E-state index in [0.717, 1.165) is 5.69 Å². The summed E-state index contributed by atoms with van der Waals surface area (Å²) < 4.78 is 20.3. The number of ether oxygens (including phenoxy) is 1. The summed E-state index contributed by atoms with van der Waals surface area (Å²) in [7, 11) is 1.57. The molecule has 0 N–H and O–H groups in total. The van der Waals surface area contributed by atoms with Gasteiger partial charge in [0.2, 0.25) is 0 Å².